The maximum Gasteiger partial charge on any atom is 0.310 e. The van der Waals surface area contributed by atoms with Crippen molar-refractivity contribution < 1.29 is 29.3 Å². The van der Waals surface area contributed by atoms with Gasteiger partial charge in [0.25, 0.3) is 5.91 Å². The normalized spacial score (nSPS) is 18.3. The number of aromatic nitrogens is 2. The number of carbonyl (C=O) groups is 2. The predicted octanol–water partition coefficient (Wildman–Crippen LogP) is 4.18. The number of nitrogens with one attached hydrogen (secondary N) is 1. The van der Waals surface area contributed by atoms with E-state index in [2.05, 4.69) is 20.2 Å². The first kappa shape index (κ1) is 26.0. The molecule has 0 spiro atoms. The molecule has 1 aliphatic carbocycles. The van der Waals surface area contributed by atoms with Crippen LogP contribution in [0.5, 0.6) is 5.75 Å². The van der Waals surface area contributed by atoms with Crippen LogP contribution in [0.3, 0.4) is 0 Å². The van der Waals surface area contributed by atoms with E-state index in [1.807, 2.05) is 19.1 Å². The largest absolute Gasteiger partial charge is 0.508 e. The molecule has 37 heavy (non-hydrogen) atoms. The van der Waals surface area contributed by atoms with Gasteiger partial charge in [0, 0.05) is 13.0 Å². The van der Waals surface area contributed by atoms with Gasteiger partial charge >= 0.3 is 5.97 Å². The maximum absolute atomic E-state index is 12.4. The Labute approximate surface area is 215 Å². The zero-order chi connectivity index (χ0) is 26.2. The minimum absolute atomic E-state index is 0.0865. The Morgan fingerprint density at radius 1 is 1.24 bits per heavy atom. The molecule has 1 saturated heterocycles. The van der Waals surface area contributed by atoms with Gasteiger partial charge < -0.3 is 29.9 Å². The molecule has 2 heterocycles. The highest BCUT2D eigenvalue weighted by molar-refractivity contribution is 5.91. The Morgan fingerprint density at radius 3 is 2.78 bits per heavy atom. The lowest BCUT2D eigenvalue weighted by atomic mass is 9.97. The van der Waals surface area contributed by atoms with Crippen LogP contribution in [0.4, 0.5) is 11.6 Å². The molecule has 1 aliphatic heterocycles. The molecule has 1 amide bonds. The molecule has 2 atom stereocenters. The topological polar surface area (TPSA) is 134 Å². The Morgan fingerprint density at radius 2 is 2.05 bits per heavy atom. The predicted molar refractivity (Wildman–Crippen MR) is 138 cm³/mol. The number of aliphatic carboxylic acids is 1. The van der Waals surface area contributed by atoms with Crippen molar-refractivity contribution in [1.82, 2.24) is 9.97 Å². The van der Waals surface area contributed by atoms with Crippen molar-refractivity contribution in [3.05, 3.63) is 65.9 Å². The highest BCUT2D eigenvalue weighted by atomic mass is 16.5. The van der Waals surface area contributed by atoms with Gasteiger partial charge in [-0.05, 0) is 49.5 Å². The number of carbonyl (C=O) groups excluding carboxylic acids is 1. The molecule has 2 unspecified atom stereocenters. The zero-order valence-electron chi connectivity index (χ0n) is 20.8. The Hall–Kier alpha value is -4.08. The molecular formula is C27H32N4O6. The van der Waals surface area contributed by atoms with E-state index in [1.165, 1.54) is 6.20 Å². The summed E-state index contributed by atoms with van der Waals surface area (Å²) in [7, 11) is 0. The minimum atomic E-state index is -0.871. The number of allylic oxidation sites excluding steroid dienone is 3. The van der Waals surface area contributed by atoms with Crippen LogP contribution >= 0.6 is 0 Å². The van der Waals surface area contributed by atoms with Crippen LogP contribution in [0.1, 0.15) is 50.5 Å². The summed E-state index contributed by atoms with van der Waals surface area (Å²) in [5, 5.41) is 22.1. The van der Waals surface area contributed by atoms with E-state index in [0.29, 0.717) is 48.1 Å². The van der Waals surface area contributed by atoms with E-state index in [0.717, 1.165) is 25.8 Å². The monoisotopic (exact) mass is 508 g/mol. The van der Waals surface area contributed by atoms with Crippen LogP contribution in [0.15, 0.2) is 60.3 Å². The van der Waals surface area contributed by atoms with Crippen molar-refractivity contribution in [3.8, 4) is 5.75 Å². The number of ether oxygens (including phenoxy) is 2. The van der Waals surface area contributed by atoms with Crippen LogP contribution in [-0.2, 0) is 14.3 Å². The Kier molecular flexibility index (Phi) is 8.60. The average molecular weight is 509 g/mol. The van der Waals surface area contributed by atoms with Crippen molar-refractivity contribution in [3.63, 3.8) is 0 Å². The van der Waals surface area contributed by atoms with Crippen molar-refractivity contribution in [2.24, 2.45) is 0 Å². The molecule has 4 rings (SSSR count). The van der Waals surface area contributed by atoms with Crippen molar-refractivity contribution in [2.75, 3.05) is 29.9 Å². The number of carboxylic acids is 1. The van der Waals surface area contributed by atoms with Crippen molar-refractivity contribution in [2.45, 2.75) is 51.0 Å². The summed E-state index contributed by atoms with van der Waals surface area (Å²) < 4.78 is 11.6. The third-order valence-corrected chi connectivity index (χ3v) is 6.35. The van der Waals surface area contributed by atoms with E-state index in [1.54, 1.807) is 30.5 Å². The third kappa shape index (κ3) is 6.99. The van der Waals surface area contributed by atoms with Gasteiger partial charge in [-0.2, -0.15) is 0 Å². The first-order valence-electron chi connectivity index (χ1n) is 12.5. The highest BCUT2D eigenvalue weighted by Gasteiger charge is 2.24. The van der Waals surface area contributed by atoms with Crippen LogP contribution in [0.2, 0.25) is 0 Å². The molecule has 0 saturated carbocycles. The van der Waals surface area contributed by atoms with E-state index < -0.39 is 11.9 Å². The van der Waals surface area contributed by atoms with Crippen LogP contribution < -0.4 is 15.0 Å². The zero-order valence-corrected chi connectivity index (χ0v) is 20.8. The van der Waals surface area contributed by atoms with E-state index in [4.69, 9.17) is 9.47 Å². The number of amides is 1. The molecule has 1 aromatic carbocycles. The van der Waals surface area contributed by atoms with Crippen molar-refractivity contribution in [1.29, 1.82) is 0 Å². The van der Waals surface area contributed by atoms with E-state index in [9.17, 15) is 19.8 Å². The average Bonchev–Trinajstić information content (AvgIpc) is 2.90. The summed E-state index contributed by atoms with van der Waals surface area (Å²) in [5.74, 6) is 0.393. The quantitative estimate of drug-likeness (QED) is 0.432. The third-order valence-electron chi connectivity index (χ3n) is 6.35. The number of hydrogen-bond acceptors (Lipinski definition) is 8. The fourth-order valence-corrected chi connectivity index (χ4v) is 4.40. The summed E-state index contributed by atoms with van der Waals surface area (Å²) in [4.78, 5) is 34.6. The second kappa shape index (κ2) is 12.2. The molecular weight excluding hydrogens is 476 g/mol. The van der Waals surface area contributed by atoms with Crippen molar-refractivity contribution >= 4 is 23.5 Å². The smallest absolute Gasteiger partial charge is 0.310 e. The first-order chi connectivity index (χ1) is 17.9. The molecule has 3 N–H and O–H groups in total. The number of anilines is 2. The number of rotatable bonds is 10. The summed E-state index contributed by atoms with van der Waals surface area (Å²) >= 11 is 0. The Balaban J connectivity index is 1.30. The number of piperidine rings is 1. The fraction of sp³-hybridized carbons (Fsp3) is 0.407. The molecule has 10 heteroatoms. The van der Waals surface area contributed by atoms with Gasteiger partial charge in [-0.3, -0.25) is 14.6 Å². The SMILES string of the molecule is CCC(C(=O)O)c1ccc(OCC(=O)Nc2cncc(N3CCCC(OC4=C(O)CCC=C4)C3)n2)cc1. The molecule has 196 valence electrons. The van der Waals surface area contributed by atoms with Gasteiger partial charge in [-0.1, -0.05) is 25.1 Å². The van der Waals surface area contributed by atoms with E-state index >= 15 is 0 Å². The van der Waals surface area contributed by atoms with Gasteiger partial charge in [-0.25, -0.2) is 4.98 Å². The molecule has 0 bridgehead atoms. The molecule has 1 aromatic heterocycles. The van der Waals surface area contributed by atoms with Gasteiger partial charge in [0.2, 0.25) is 0 Å². The number of hydrogen-bond donors (Lipinski definition) is 3. The number of nitrogens with zero attached hydrogens (tertiary/aromatic N) is 3. The second-order valence-corrected chi connectivity index (χ2v) is 9.05. The molecule has 1 fully saturated rings. The van der Waals surface area contributed by atoms with Gasteiger partial charge in [0.05, 0.1) is 24.9 Å². The van der Waals surface area contributed by atoms with Crippen LogP contribution in [0.25, 0.3) is 0 Å². The Bertz CT molecular complexity index is 1160. The standard InChI is InChI=1S/C27H32N4O6/c1-2-21(27(34)35)18-9-11-19(12-10-18)36-17-26(33)30-24-14-28-15-25(29-24)31-13-5-6-20(16-31)37-23-8-4-3-7-22(23)32/h4,8-12,14-15,20-21,32H,2-3,5-7,13,16-17H2,1H3,(H,34,35)(H,29,30,33). The summed E-state index contributed by atoms with van der Waals surface area (Å²) in [6, 6.07) is 6.70. The molecule has 2 aromatic rings. The van der Waals surface area contributed by atoms with E-state index in [-0.39, 0.29) is 24.4 Å². The first-order valence-corrected chi connectivity index (χ1v) is 12.5. The molecule has 10 nitrogen and oxygen atoms in total. The fourth-order valence-electron chi connectivity index (χ4n) is 4.40. The van der Waals surface area contributed by atoms with Gasteiger partial charge in [0.15, 0.2) is 18.2 Å². The summed E-state index contributed by atoms with van der Waals surface area (Å²) in [6.07, 6.45) is 10.5. The number of carboxylic acid groups (broad SMARTS) is 1. The van der Waals surface area contributed by atoms with Gasteiger partial charge in [0.1, 0.15) is 23.4 Å². The number of aliphatic hydroxyl groups excluding tert-OH is 1. The number of aliphatic hydroxyl groups is 1. The summed E-state index contributed by atoms with van der Waals surface area (Å²) in [6.45, 7) is 2.97. The lowest BCUT2D eigenvalue weighted by Gasteiger charge is -2.34. The van der Waals surface area contributed by atoms with Gasteiger partial charge in [-0.15, -0.1) is 0 Å². The number of benzene rings is 1. The van der Waals surface area contributed by atoms with Crippen LogP contribution in [0, 0.1) is 0 Å². The molecule has 0 radical (unpaired) electrons. The second-order valence-electron chi connectivity index (χ2n) is 9.05. The molecule has 2 aliphatic rings. The van der Waals surface area contributed by atoms with Crippen LogP contribution in [-0.4, -0.2) is 57.9 Å². The highest BCUT2D eigenvalue weighted by Crippen LogP contribution is 2.25. The lowest BCUT2D eigenvalue weighted by molar-refractivity contribution is -0.138. The minimum Gasteiger partial charge on any atom is -0.508 e. The summed E-state index contributed by atoms with van der Waals surface area (Å²) in [5.41, 5.74) is 0.688. The maximum atomic E-state index is 12.4. The lowest BCUT2D eigenvalue weighted by Crippen LogP contribution is -2.40.